The lowest BCUT2D eigenvalue weighted by Gasteiger charge is -2.17. The van der Waals surface area contributed by atoms with Gasteiger partial charge in [0.1, 0.15) is 11.5 Å². The van der Waals surface area contributed by atoms with E-state index in [4.69, 9.17) is 0 Å². The number of anilines is 1. The number of allylic oxidation sites excluding steroid dienone is 2. The maximum Gasteiger partial charge on any atom is 0.229 e. The number of hydrogen-bond donors (Lipinski definition) is 4. The molecule has 0 bridgehead atoms. The van der Waals surface area contributed by atoms with E-state index in [-0.39, 0.29) is 12.5 Å². The third-order valence-electron chi connectivity index (χ3n) is 7.23. The fourth-order valence-corrected chi connectivity index (χ4v) is 5.36. The summed E-state index contributed by atoms with van der Waals surface area (Å²) in [5.41, 5.74) is 7.51. The highest BCUT2D eigenvalue weighted by Gasteiger charge is 2.22. The number of aromatic amines is 2. The smallest absolute Gasteiger partial charge is 0.229 e. The van der Waals surface area contributed by atoms with Crippen molar-refractivity contribution in [3.8, 4) is 22.5 Å². The van der Waals surface area contributed by atoms with Crippen LogP contribution >= 0.6 is 0 Å². The van der Waals surface area contributed by atoms with E-state index in [1.807, 2.05) is 58.0 Å². The lowest BCUT2D eigenvalue weighted by atomic mass is 9.95. The maximum absolute atomic E-state index is 14.7. The van der Waals surface area contributed by atoms with Crippen LogP contribution in [0.3, 0.4) is 0 Å². The quantitative estimate of drug-likeness (QED) is 0.135. The first-order chi connectivity index (χ1) is 21.2. The van der Waals surface area contributed by atoms with Crippen LogP contribution < -0.4 is 10.0 Å². The second-order valence-corrected chi connectivity index (χ2v) is 13.8. The van der Waals surface area contributed by atoms with Gasteiger partial charge in [0.05, 0.1) is 29.4 Å². The minimum atomic E-state index is -3.45. The van der Waals surface area contributed by atoms with Gasteiger partial charge >= 0.3 is 0 Å². The Hall–Kier alpha value is -4.87. The average molecular weight is 627 g/mol. The van der Waals surface area contributed by atoms with Crippen LogP contribution in [0.15, 0.2) is 79.7 Å². The molecule has 0 aliphatic heterocycles. The summed E-state index contributed by atoms with van der Waals surface area (Å²) >= 11 is 0. The molecule has 3 heterocycles. The Bertz CT molecular complexity index is 2070. The topological polar surface area (TPSA) is 133 Å². The van der Waals surface area contributed by atoms with Gasteiger partial charge in [-0.1, -0.05) is 45.6 Å². The van der Waals surface area contributed by atoms with Gasteiger partial charge in [-0.15, -0.1) is 0 Å². The number of fused-ring (bicyclic) bond motifs is 1. The van der Waals surface area contributed by atoms with Gasteiger partial charge in [0.2, 0.25) is 15.9 Å². The molecule has 0 spiro atoms. The number of H-pyrrole nitrogens is 2. The molecule has 0 aliphatic carbocycles. The van der Waals surface area contributed by atoms with E-state index < -0.39 is 21.3 Å². The third kappa shape index (κ3) is 7.27. The highest BCUT2D eigenvalue weighted by atomic mass is 32.2. The first kappa shape index (κ1) is 31.6. The fraction of sp³-hybridized carbons (Fsp3) is 0.206. The van der Waals surface area contributed by atoms with Gasteiger partial charge in [-0.05, 0) is 71.7 Å². The summed E-state index contributed by atoms with van der Waals surface area (Å²) in [6, 6.07) is 14.2. The first-order valence-electron chi connectivity index (χ1n) is 14.2. The zero-order valence-corrected chi connectivity index (χ0v) is 26.6. The van der Waals surface area contributed by atoms with Gasteiger partial charge in [-0.25, -0.2) is 17.5 Å². The Kier molecular flexibility index (Phi) is 8.59. The van der Waals surface area contributed by atoms with Crippen molar-refractivity contribution in [2.75, 3.05) is 11.6 Å². The SMILES string of the molecule is C=C/C=C(/c1cc(F)cc(CNS(C)(=O)=O)c1)c1cc(-c2n[nH]c3ccc(-c4cncc(NC(=O)C(C)(C)C)c4)cc23)[nH]c1C. The zero-order valence-electron chi connectivity index (χ0n) is 25.7. The van der Waals surface area contributed by atoms with Gasteiger partial charge in [-0.3, -0.25) is 14.9 Å². The molecule has 0 atom stereocenters. The standard InChI is InChI=1S/C34H35FN6O3S/c1-7-8-27(23-11-21(12-25(35)13-23)17-37-45(6,43)44)28-16-31(38-20(28)2)32-29-15-22(9-10-30(29)40-41-32)24-14-26(19-36-18-24)39-33(42)34(3,4)5/h7-16,18-19,37-38H,1,17H2,2-6H3,(H,39,42)(H,40,41)/b27-8-. The number of nitrogens with zero attached hydrogens (tertiary/aromatic N) is 2. The third-order valence-corrected chi connectivity index (χ3v) is 7.89. The first-order valence-corrected chi connectivity index (χ1v) is 16.1. The number of carbonyl (C=O) groups is 1. The number of aromatic nitrogens is 4. The normalized spacial score (nSPS) is 12.4. The van der Waals surface area contributed by atoms with E-state index in [0.29, 0.717) is 28.1 Å². The predicted molar refractivity (Wildman–Crippen MR) is 177 cm³/mol. The Balaban J connectivity index is 1.51. The van der Waals surface area contributed by atoms with Crippen molar-refractivity contribution in [2.24, 2.45) is 5.41 Å². The van der Waals surface area contributed by atoms with Crippen molar-refractivity contribution in [1.29, 1.82) is 0 Å². The largest absolute Gasteiger partial charge is 0.357 e. The summed E-state index contributed by atoms with van der Waals surface area (Å²) in [6.07, 6.45) is 7.85. The number of nitrogens with one attached hydrogen (secondary N) is 4. The van der Waals surface area contributed by atoms with Crippen LogP contribution in [0, 0.1) is 18.2 Å². The Labute approximate surface area is 261 Å². The van der Waals surface area contributed by atoms with Crippen LogP contribution in [0.5, 0.6) is 0 Å². The van der Waals surface area contributed by atoms with Crippen molar-refractivity contribution in [3.05, 3.63) is 108 Å². The number of hydrogen-bond acceptors (Lipinski definition) is 5. The van der Waals surface area contributed by atoms with E-state index in [0.717, 1.165) is 45.2 Å². The molecular formula is C34H35FN6O3S. The summed E-state index contributed by atoms with van der Waals surface area (Å²) < 4.78 is 40.3. The predicted octanol–water partition coefficient (Wildman–Crippen LogP) is 6.72. The number of aryl methyl sites for hydroxylation is 1. The number of sulfonamides is 1. The van der Waals surface area contributed by atoms with Crippen molar-refractivity contribution in [1.82, 2.24) is 24.9 Å². The minimum absolute atomic E-state index is 0.0364. The van der Waals surface area contributed by atoms with Gasteiger partial charge < -0.3 is 10.3 Å². The van der Waals surface area contributed by atoms with E-state index >= 15 is 0 Å². The van der Waals surface area contributed by atoms with Gasteiger partial charge in [0.25, 0.3) is 0 Å². The molecule has 232 valence electrons. The van der Waals surface area contributed by atoms with Crippen LogP contribution in [0.2, 0.25) is 0 Å². The van der Waals surface area contributed by atoms with Crippen LogP contribution in [-0.4, -0.2) is 40.7 Å². The average Bonchev–Trinajstić information content (AvgIpc) is 3.56. The number of pyridine rings is 1. The number of rotatable bonds is 9. The van der Waals surface area contributed by atoms with Crippen molar-refractivity contribution >= 4 is 38.1 Å². The summed E-state index contributed by atoms with van der Waals surface area (Å²) in [6.45, 7) is 11.3. The van der Waals surface area contributed by atoms with Gasteiger partial charge in [0, 0.05) is 40.4 Å². The Morgan fingerprint density at radius 1 is 1.07 bits per heavy atom. The maximum atomic E-state index is 14.7. The van der Waals surface area contributed by atoms with Crippen LogP contribution in [0.1, 0.15) is 43.2 Å². The Morgan fingerprint density at radius 2 is 1.84 bits per heavy atom. The molecule has 1 amide bonds. The minimum Gasteiger partial charge on any atom is -0.357 e. The van der Waals surface area contributed by atoms with Crippen LogP contribution in [-0.2, 0) is 21.4 Å². The second kappa shape index (κ2) is 12.3. The van der Waals surface area contributed by atoms with Crippen molar-refractivity contribution < 1.29 is 17.6 Å². The molecule has 45 heavy (non-hydrogen) atoms. The molecule has 0 radical (unpaired) electrons. The number of halogens is 1. The lowest BCUT2D eigenvalue weighted by molar-refractivity contribution is -0.123. The molecule has 4 N–H and O–H groups in total. The van der Waals surface area contributed by atoms with Gasteiger partial charge in [0.15, 0.2) is 0 Å². The highest BCUT2D eigenvalue weighted by molar-refractivity contribution is 7.88. The van der Waals surface area contributed by atoms with E-state index in [1.54, 1.807) is 30.6 Å². The molecule has 3 aromatic heterocycles. The molecule has 0 aliphatic rings. The van der Waals surface area contributed by atoms with Crippen molar-refractivity contribution in [2.45, 2.75) is 34.2 Å². The number of carbonyl (C=O) groups excluding carboxylic acids is 1. The lowest BCUT2D eigenvalue weighted by Crippen LogP contribution is -2.27. The number of benzene rings is 2. The molecule has 5 aromatic rings. The summed E-state index contributed by atoms with van der Waals surface area (Å²) in [4.78, 5) is 20.3. The summed E-state index contributed by atoms with van der Waals surface area (Å²) in [5.74, 6) is -0.583. The molecule has 9 nitrogen and oxygen atoms in total. The zero-order chi connectivity index (χ0) is 32.5. The van der Waals surface area contributed by atoms with Gasteiger partial charge in [-0.2, -0.15) is 5.10 Å². The summed E-state index contributed by atoms with van der Waals surface area (Å²) in [7, 11) is -3.45. The fourth-order valence-electron chi connectivity index (χ4n) is 4.93. The van der Waals surface area contributed by atoms with Crippen LogP contribution in [0.4, 0.5) is 10.1 Å². The van der Waals surface area contributed by atoms with E-state index in [9.17, 15) is 17.6 Å². The summed E-state index contributed by atoms with van der Waals surface area (Å²) in [5, 5.41) is 11.5. The molecule has 0 unspecified atom stereocenters. The van der Waals surface area contributed by atoms with E-state index in [2.05, 4.69) is 36.8 Å². The molecule has 11 heteroatoms. The Morgan fingerprint density at radius 3 is 2.56 bits per heavy atom. The van der Waals surface area contributed by atoms with E-state index in [1.165, 1.54) is 12.1 Å². The molecule has 0 fully saturated rings. The molecule has 0 saturated carbocycles. The number of amides is 1. The monoisotopic (exact) mass is 626 g/mol. The molecule has 5 rings (SSSR count). The second-order valence-electron chi connectivity index (χ2n) is 12.0. The highest BCUT2D eigenvalue weighted by Crippen LogP contribution is 2.35. The molecule has 0 saturated heterocycles. The van der Waals surface area contributed by atoms with Crippen molar-refractivity contribution in [3.63, 3.8) is 0 Å². The molecule has 2 aromatic carbocycles. The molecular weight excluding hydrogens is 591 g/mol. The van der Waals surface area contributed by atoms with Crippen LogP contribution in [0.25, 0.3) is 39.0 Å².